The van der Waals surface area contributed by atoms with Crippen molar-refractivity contribution < 1.29 is 14.6 Å². The minimum Gasteiger partial charge on any atom is -0.477 e. The third-order valence-electron chi connectivity index (χ3n) is 2.72. The van der Waals surface area contributed by atoms with Gasteiger partial charge in [0.1, 0.15) is 5.82 Å². The van der Waals surface area contributed by atoms with Crippen LogP contribution < -0.4 is 5.32 Å². The van der Waals surface area contributed by atoms with Crippen LogP contribution in [0, 0.1) is 0 Å². The molecule has 0 saturated heterocycles. The number of aromatic nitrogens is 2. The second-order valence-corrected chi connectivity index (χ2v) is 3.89. The zero-order valence-electron chi connectivity index (χ0n) is 9.69. The van der Waals surface area contributed by atoms with Crippen molar-refractivity contribution in [1.82, 2.24) is 15.3 Å². The van der Waals surface area contributed by atoms with Gasteiger partial charge in [0.2, 0.25) is 0 Å². The summed E-state index contributed by atoms with van der Waals surface area (Å²) in [5.74, 6) is -0.448. The fraction of sp³-hybridized carbons (Fsp3) is 0.545. The normalized spacial score (nSPS) is 14.4. The lowest BCUT2D eigenvalue weighted by Crippen LogP contribution is -2.28. The number of ether oxygens (including phenoxy) is 1. The van der Waals surface area contributed by atoms with Crippen LogP contribution in [0.5, 0.6) is 0 Å². The van der Waals surface area contributed by atoms with Crippen molar-refractivity contribution in [3.05, 3.63) is 22.8 Å². The maximum Gasteiger partial charge on any atom is 0.354 e. The van der Waals surface area contributed by atoms with E-state index in [1.54, 1.807) is 7.11 Å². The van der Waals surface area contributed by atoms with E-state index in [-0.39, 0.29) is 5.69 Å². The van der Waals surface area contributed by atoms with E-state index in [9.17, 15) is 4.79 Å². The fourth-order valence-corrected chi connectivity index (χ4v) is 1.89. The number of methoxy groups -OCH3 is 1. The minimum atomic E-state index is -0.982. The molecule has 2 rings (SSSR count). The van der Waals surface area contributed by atoms with Crippen LogP contribution in [0.1, 0.15) is 27.6 Å². The molecule has 1 aromatic heterocycles. The molecule has 0 saturated carbocycles. The van der Waals surface area contributed by atoms with E-state index < -0.39 is 5.97 Å². The first-order valence-corrected chi connectivity index (χ1v) is 5.54. The van der Waals surface area contributed by atoms with E-state index in [1.807, 2.05) is 0 Å². The van der Waals surface area contributed by atoms with Crippen molar-refractivity contribution in [2.24, 2.45) is 0 Å². The number of fused-ring (bicyclic) bond motifs is 1. The molecule has 0 bridgehead atoms. The molecule has 6 nitrogen and oxygen atoms in total. The van der Waals surface area contributed by atoms with E-state index in [1.165, 1.54) is 0 Å². The molecule has 0 fully saturated rings. The number of carboxylic acids is 1. The van der Waals surface area contributed by atoms with Gasteiger partial charge in [0.25, 0.3) is 0 Å². The highest BCUT2D eigenvalue weighted by Crippen LogP contribution is 2.16. The summed E-state index contributed by atoms with van der Waals surface area (Å²) in [5, 5.41) is 12.3. The summed E-state index contributed by atoms with van der Waals surface area (Å²) in [7, 11) is 1.60. The summed E-state index contributed by atoms with van der Waals surface area (Å²) in [5.41, 5.74) is 1.70. The first kappa shape index (κ1) is 11.9. The highest BCUT2D eigenvalue weighted by atomic mass is 16.5. The Balaban J connectivity index is 2.37. The van der Waals surface area contributed by atoms with Gasteiger partial charge in [0.15, 0.2) is 5.69 Å². The summed E-state index contributed by atoms with van der Waals surface area (Å²) in [6.45, 7) is 1.87. The van der Waals surface area contributed by atoms with Gasteiger partial charge >= 0.3 is 5.97 Å². The summed E-state index contributed by atoms with van der Waals surface area (Å²) >= 11 is 0. The Morgan fingerprint density at radius 3 is 3.06 bits per heavy atom. The molecule has 0 amide bonds. The second kappa shape index (κ2) is 5.20. The smallest absolute Gasteiger partial charge is 0.354 e. The van der Waals surface area contributed by atoms with Crippen LogP contribution >= 0.6 is 0 Å². The predicted octanol–water partition coefficient (Wildman–Crippen LogP) is 0.00940. The van der Waals surface area contributed by atoms with Crippen LogP contribution in [0.15, 0.2) is 0 Å². The average molecular weight is 237 g/mol. The monoisotopic (exact) mass is 237 g/mol. The van der Waals surface area contributed by atoms with Crippen molar-refractivity contribution in [3.63, 3.8) is 0 Å². The Morgan fingerprint density at radius 1 is 1.53 bits per heavy atom. The number of hydrogen-bond donors (Lipinski definition) is 2. The third-order valence-corrected chi connectivity index (χ3v) is 2.72. The van der Waals surface area contributed by atoms with Gasteiger partial charge in [-0.25, -0.2) is 14.8 Å². The van der Waals surface area contributed by atoms with Crippen molar-refractivity contribution in [2.45, 2.75) is 19.4 Å². The van der Waals surface area contributed by atoms with Gasteiger partial charge in [-0.1, -0.05) is 0 Å². The molecule has 0 radical (unpaired) electrons. The Kier molecular flexibility index (Phi) is 3.65. The van der Waals surface area contributed by atoms with Gasteiger partial charge in [-0.3, -0.25) is 0 Å². The van der Waals surface area contributed by atoms with E-state index in [0.717, 1.165) is 17.8 Å². The molecule has 0 spiro atoms. The highest BCUT2D eigenvalue weighted by molar-refractivity contribution is 5.87. The van der Waals surface area contributed by atoms with Gasteiger partial charge in [0.05, 0.1) is 12.3 Å². The molecule has 1 aromatic rings. The van der Waals surface area contributed by atoms with E-state index in [2.05, 4.69) is 15.3 Å². The zero-order valence-corrected chi connectivity index (χ0v) is 9.69. The molecular weight excluding hydrogens is 222 g/mol. The first-order valence-electron chi connectivity index (χ1n) is 5.54. The van der Waals surface area contributed by atoms with Crippen molar-refractivity contribution in [3.8, 4) is 0 Å². The maximum atomic E-state index is 11.2. The third kappa shape index (κ3) is 2.59. The van der Waals surface area contributed by atoms with Crippen molar-refractivity contribution in [2.75, 3.05) is 20.3 Å². The quantitative estimate of drug-likeness (QED) is 0.767. The SMILES string of the molecule is COCCc1nc2c(c(C(=O)O)n1)CCNC2. The number of carboxylic acid groups (broad SMARTS) is 1. The van der Waals surface area contributed by atoms with E-state index >= 15 is 0 Å². The summed E-state index contributed by atoms with van der Waals surface area (Å²) < 4.78 is 4.95. The summed E-state index contributed by atoms with van der Waals surface area (Å²) in [4.78, 5) is 19.6. The standard InChI is InChI=1S/C11H15N3O3/c1-17-5-3-9-13-8-6-12-4-2-7(8)10(14-9)11(15)16/h12H,2-6H2,1H3,(H,15,16). The molecule has 2 N–H and O–H groups in total. The van der Waals surface area contributed by atoms with Gasteiger partial charge in [-0.2, -0.15) is 0 Å². The van der Waals surface area contributed by atoms with Crippen LogP contribution in [0.4, 0.5) is 0 Å². The Morgan fingerprint density at radius 2 is 2.35 bits per heavy atom. The Labute approximate surface area is 99.0 Å². The number of rotatable bonds is 4. The van der Waals surface area contributed by atoms with Crippen LogP contribution in [0.25, 0.3) is 0 Å². The molecule has 0 aliphatic carbocycles. The second-order valence-electron chi connectivity index (χ2n) is 3.89. The molecule has 92 valence electrons. The molecule has 1 aliphatic heterocycles. The summed E-state index contributed by atoms with van der Waals surface area (Å²) in [6, 6.07) is 0. The number of hydrogen-bond acceptors (Lipinski definition) is 5. The molecule has 0 atom stereocenters. The highest BCUT2D eigenvalue weighted by Gasteiger charge is 2.21. The Hall–Kier alpha value is -1.53. The summed E-state index contributed by atoms with van der Waals surface area (Å²) in [6.07, 6.45) is 1.20. The number of nitrogens with one attached hydrogen (secondary N) is 1. The van der Waals surface area contributed by atoms with Gasteiger partial charge in [0, 0.05) is 25.6 Å². The molecule has 0 aromatic carbocycles. The molecule has 1 aliphatic rings. The van der Waals surface area contributed by atoms with E-state index in [4.69, 9.17) is 9.84 Å². The van der Waals surface area contributed by atoms with Crippen molar-refractivity contribution in [1.29, 1.82) is 0 Å². The largest absolute Gasteiger partial charge is 0.477 e. The molecule has 2 heterocycles. The van der Waals surface area contributed by atoms with Crippen LogP contribution in [0.2, 0.25) is 0 Å². The van der Waals surface area contributed by atoms with Gasteiger partial charge in [-0.05, 0) is 13.0 Å². The minimum absolute atomic E-state index is 0.141. The van der Waals surface area contributed by atoms with Crippen molar-refractivity contribution >= 4 is 5.97 Å². The average Bonchev–Trinajstić information content (AvgIpc) is 2.35. The molecular formula is C11H15N3O3. The fourth-order valence-electron chi connectivity index (χ4n) is 1.89. The predicted molar refractivity (Wildman–Crippen MR) is 60.0 cm³/mol. The van der Waals surface area contributed by atoms with Crippen LogP contribution in [-0.4, -0.2) is 41.3 Å². The number of nitrogens with zero attached hydrogens (tertiary/aromatic N) is 2. The lowest BCUT2D eigenvalue weighted by Gasteiger charge is -2.18. The van der Waals surface area contributed by atoms with Gasteiger partial charge < -0.3 is 15.2 Å². The lowest BCUT2D eigenvalue weighted by atomic mass is 10.0. The number of aromatic carboxylic acids is 1. The molecule has 0 unspecified atom stereocenters. The lowest BCUT2D eigenvalue weighted by molar-refractivity contribution is 0.0687. The zero-order chi connectivity index (χ0) is 12.3. The molecule has 6 heteroatoms. The molecule has 17 heavy (non-hydrogen) atoms. The topological polar surface area (TPSA) is 84.3 Å². The number of carbonyl (C=O) groups is 1. The van der Waals surface area contributed by atoms with Gasteiger partial charge in [-0.15, -0.1) is 0 Å². The maximum absolute atomic E-state index is 11.2. The van der Waals surface area contributed by atoms with Crippen LogP contribution in [-0.2, 0) is 24.1 Å². The Bertz CT molecular complexity index is 434. The van der Waals surface area contributed by atoms with Crippen LogP contribution in [0.3, 0.4) is 0 Å². The first-order chi connectivity index (χ1) is 8.22. The van der Waals surface area contributed by atoms with E-state index in [0.29, 0.717) is 31.8 Å².